The number of halogens is 1. The molecule has 0 unspecified atom stereocenters. The maximum atomic E-state index is 13.4. The van der Waals surface area contributed by atoms with Crippen LogP contribution >= 0.6 is 0 Å². The maximum Gasteiger partial charge on any atom is 0.259 e. The van der Waals surface area contributed by atoms with Crippen molar-refractivity contribution < 1.29 is 13.9 Å². The number of nitrogens with one attached hydrogen (secondary N) is 2. The second-order valence-corrected chi connectivity index (χ2v) is 5.22. The van der Waals surface area contributed by atoms with Gasteiger partial charge < -0.3 is 15.4 Å². The molecule has 6 heteroatoms. The normalized spacial score (nSPS) is 10.2. The number of methoxy groups -OCH3 is 1. The van der Waals surface area contributed by atoms with Crippen molar-refractivity contribution in [2.75, 3.05) is 17.7 Å². The summed E-state index contributed by atoms with van der Waals surface area (Å²) in [6, 6.07) is 16.8. The van der Waals surface area contributed by atoms with Gasteiger partial charge in [0.2, 0.25) is 0 Å². The van der Waals surface area contributed by atoms with Crippen LogP contribution in [0.2, 0.25) is 0 Å². The van der Waals surface area contributed by atoms with Gasteiger partial charge in [0.05, 0.1) is 24.6 Å². The average Bonchev–Trinajstić information content (AvgIpc) is 2.64. The van der Waals surface area contributed by atoms with E-state index in [0.717, 1.165) is 11.8 Å². The van der Waals surface area contributed by atoms with Gasteiger partial charge in [0, 0.05) is 5.69 Å². The Labute approximate surface area is 144 Å². The van der Waals surface area contributed by atoms with E-state index < -0.39 is 11.7 Å². The Morgan fingerprint density at radius 2 is 1.84 bits per heavy atom. The lowest BCUT2D eigenvalue weighted by molar-refractivity contribution is 0.102. The Bertz CT molecular complexity index is 868. The standard InChI is InChI=1S/C19H16FN3O2/c1-25-17-9-7-13(20)11-16(17)19(24)23-15-8-10-18(21-12-15)22-14-5-3-2-4-6-14/h2-12H,1H3,(H,21,22)(H,23,24). The predicted molar refractivity (Wildman–Crippen MR) is 94.9 cm³/mol. The van der Waals surface area contributed by atoms with Crippen LogP contribution in [-0.4, -0.2) is 18.0 Å². The molecule has 0 aliphatic carbocycles. The number of benzene rings is 2. The number of carbonyl (C=O) groups excluding carboxylic acids is 1. The van der Waals surface area contributed by atoms with Crippen LogP contribution in [-0.2, 0) is 0 Å². The first-order chi connectivity index (χ1) is 12.2. The minimum Gasteiger partial charge on any atom is -0.496 e. The number of ether oxygens (including phenoxy) is 1. The average molecular weight is 337 g/mol. The molecule has 2 N–H and O–H groups in total. The van der Waals surface area contributed by atoms with Crippen molar-refractivity contribution in [2.24, 2.45) is 0 Å². The van der Waals surface area contributed by atoms with E-state index in [1.54, 1.807) is 12.1 Å². The third-order valence-corrected chi connectivity index (χ3v) is 3.47. The van der Waals surface area contributed by atoms with E-state index in [1.807, 2.05) is 30.3 Å². The van der Waals surface area contributed by atoms with E-state index in [2.05, 4.69) is 15.6 Å². The van der Waals surface area contributed by atoms with Crippen molar-refractivity contribution in [3.05, 3.63) is 78.2 Å². The van der Waals surface area contributed by atoms with E-state index in [-0.39, 0.29) is 5.56 Å². The van der Waals surface area contributed by atoms with Crippen molar-refractivity contribution in [1.82, 2.24) is 4.98 Å². The first-order valence-corrected chi connectivity index (χ1v) is 7.59. The molecule has 1 amide bonds. The van der Waals surface area contributed by atoms with Crippen molar-refractivity contribution in [3.8, 4) is 5.75 Å². The zero-order valence-corrected chi connectivity index (χ0v) is 13.5. The number of amides is 1. The summed E-state index contributed by atoms with van der Waals surface area (Å²) in [5.74, 6) is -0.0323. The zero-order valence-electron chi connectivity index (χ0n) is 13.5. The largest absolute Gasteiger partial charge is 0.496 e. The van der Waals surface area contributed by atoms with Gasteiger partial charge in [-0.25, -0.2) is 9.37 Å². The molecular weight excluding hydrogens is 321 g/mol. The summed E-state index contributed by atoms with van der Waals surface area (Å²) in [7, 11) is 1.43. The third-order valence-electron chi connectivity index (χ3n) is 3.47. The quantitative estimate of drug-likeness (QED) is 0.731. The highest BCUT2D eigenvalue weighted by atomic mass is 19.1. The van der Waals surface area contributed by atoms with Crippen LogP contribution in [0, 0.1) is 5.82 Å². The maximum absolute atomic E-state index is 13.4. The van der Waals surface area contributed by atoms with Gasteiger partial charge in [-0.1, -0.05) is 18.2 Å². The highest BCUT2D eigenvalue weighted by molar-refractivity contribution is 6.06. The van der Waals surface area contributed by atoms with Crippen LogP contribution in [0.1, 0.15) is 10.4 Å². The number of anilines is 3. The number of pyridine rings is 1. The summed E-state index contributed by atoms with van der Waals surface area (Å²) in [5, 5.41) is 5.82. The van der Waals surface area contributed by atoms with Crippen LogP contribution in [0.25, 0.3) is 0 Å². The monoisotopic (exact) mass is 337 g/mol. The van der Waals surface area contributed by atoms with Crippen molar-refractivity contribution in [2.45, 2.75) is 0 Å². The summed E-state index contributed by atoms with van der Waals surface area (Å²) in [6.07, 6.45) is 1.52. The van der Waals surface area contributed by atoms with Gasteiger partial charge in [0.25, 0.3) is 5.91 Å². The molecule has 5 nitrogen and oxygen atoms in total. The van der Waals surface area contributed by atoms with Gasteiger partial charge in [-0.15, -0.1) is 0 Å². The van der Waals surface area contributed by atoms with Gasteiger partial charge in [-0.3, -0.25) is 4.79 Å². The van der Waals surface area contributed by atoms with Crippen molar-refractivity contribution in [1.29, 1.82) is 0 Å². The highest BCUT2D eigenvalue weighted by Crippen LogP contribution is 2.21. The van der Waals surface area contributed by atoms with E-state index in [1.165, 1.54) is 25.4 Å². The molecule has 2 aromatic carbocycles. The first kappa shape index (κ1) is 16.4. The molecule has 0 spiro atoms. The first-order valence-electron chi connectivity index (χ1n) is 7.59. The number of nitrogens with zero attached hydrogens (tertiary/aromatic N) is 1. The van der Waals surface area contributed by atoms with E-state index >= 15 is 0 Å². The van der Waals surface area contributed by atoms with E-state index in [0.29, 0.717) is 17.3 Å². The molecule has 0 radical (unpaired) electrons. The van der Waals surface area contributed by atoms with Crippen molar-refractivity contribution in [3.63, 3.8) is 0 Å². The number of carbonyl (C=O) groups is 1. The molecule has 0 bridgehead atoms. The Kier molecular flexibility index (Phi) is 4.89. The van der Waals surface area contributed by atoms with E-state index in [9.17, 15) is 9.18 Å². The van der Waals surface area contributed by atoms with Gasteiger partial charge in [0.15, 0.2) is 0 Å². The molecule has 25 heavy (non-hydrogen) atoms. The van der Waals surface area contributed by atoms with Gasteiger partial charge >= 0.3 is 0 Å². The second kappa shape index (κ2) is 7.44. The number of hydrogen-bond donors (Lipinski definition) is 2. The number of rotatable bonds is 5. The molecule has 0 atom stereocenters. The minimum absolute atomic E-state index is 0.119. The second-order valence-electron chi connectivity index (χ2n) is 5.22. The molecule has 3 rings (SSSR count). The van der Waals surface area contributed by atoms with Crippen LogP contribution in [0.3, 0.4) is 0 Å². The van der Waals surface area contributed by atoms with Crippen LogP contribution in [0.4, 0.5) is 21.6 Å². The summed E-state index contributed by atoms with van der Waals surface area (Å²) in [5.41, 5.74) is 1.53. The summed E-state index contributed by atoms with van der Waals surface area (Å²) in [6.45, 7) is 0. The molecule has 0 aliphatic rings. The number of para-hydroxylation sites is 1. The lowest BCUT2D eigenvalue weighted by Crippen LogP contribution is -2.13. The minimum atomic E-state index is -0.508. The van der Waals surface area contributed by atoms with E-state index in [4.69, 9.17) is 4.74 Å². The summed E-state index contributed by atoms with van der Waals surface area (Å²) in [4.78, 5) is 16.6. The summed E-state index contributed by atoms with van der Waals surface area (Å²) < 4.78 is 18.5. The zero-order chi connectivity index (χ0) is 17.6. The molecular formula is C19H16FN3O2. The molecule has 0 saturated heterocycles. The number of aromatic nitrogens is 1. The molecule has 126 valence electrons. The van der Waals surface area contributed by atoms with Crippen LogP contribution in [0.5, 0.6) is 5.75 Å². The fourth-order valence-electron chi connectivity index (χ4n) is 2.27. The molecule has 0 fully saturated rings. The smallest absolute Gasteiger partial charge is 0.259 e. The molecule has 0 aliphatic heterocycles. The van der Waals surface area contributed by atoms with Crippen LogP contribution in [0.15, 0.2) is 66.9 Å². The molecule has 0 saturated carbocycles. The lowest BCUT2D eigenvalue weighted by Gasteiger charge is -2.10. The fourth-order valence-corrected chi connectivity index (χ4v) is 2.27. The Balaban J connectivity index is 1.71. The highest BCUT2D eigenvalue weighted by Gasteiger charge is 2.13. The third kappa shape index (κ3) is 4.11. The van der Waals surface area contributed by atoms with Crippen molar-refractivity contribution >= 4 is 23.1 Å². The Morgan fingerprint density at radius 3 is 2.52 bits per heavy atom. The summed E-state index contributed by atoms with van der Waals surface area (Å²) >= 11 is 0. The molecule has 3 aromatic rings. The topological polar surface area (TPSA) is 63.2 Å². The number of hydrogen-bond acceptors (Lipinski definition) is 4. The molecule has 1 heterocycles. The van der Waals surface area contributed by atoms with Gasteiger partial charge in [-0.05, 0) is 42.5 Å². The van der Waals surface area contributed by atoms with Gasteiger partial charge in [-0.2, -0.15) is 0 Å². The van der Waals surface area contributed by atoms with Gasteiger partial charge in [0.1, 0.15) is 17.4 Å². The Morgan fingerprint density at radius 1 is 1.04 bits per heavy atom. The lowest BCUT2D eigenvalue weighted by atomic mass is 10.1. The predicted octanol–water partition coefficient (Wildman–Crippen LogP) is 4.23. The SMILES string of the molecule is COc1ccc(F)cc1C(=O)Nc1ccc(Nc2ccccc2)nc1. The fraction of sp³-hybridized carbons (Fsp3) is 0.0526. The molecule has 1 aromatic heterocycles. The Hall–Kier alpha value is -3.41. The van der Waals surface area contributed by atoms with Crippen LogP contribution < -0.4 is 15.4 Å².